The van der Waals surface area contributed by atoms with Gasteiger partial charge in [0.05, 0.1) is 17.0 Å². The van der Waals surface area contributed by atoms with Crippen LogP contribution in [-0.2, 0) is 10.1 Å². The van der Waals surface area contributed by atoms with Crippen molar-refractivity contribution in [1.82, 2.24) is 14.6 Å². The Labute approximate surface area is 183 Å². The lowest BCUT2D eigenvalue weighted by Crippen LogP contribution is -2.16. The molecule has 31 heavy (non-hydrogen) atoms. The van der Waals surface area contributed by atoms with E-state index in [9.17, 15) is 23.2 Å². The molecule has 0 spiro atoms. The predicted molar refractivity (Wildman–Crippen MR) is 109 cm³/mol. The lowest BCUT2D eigenvalue weighted by Gasteiger charge is -2.10. The molecule has 0 radical (unpaired) electrons. The van der Waals surface area contributed by atoms with E-state index in [1.165, 1.54) is 19.9 Å². The van der Waals surface area contributed by atoms with Gasteiger partial charge < -0.3 is 15.8 Å². The number of amides is 2. The maximum atomic E-state index is 13.7. The fourth-order valence-electron chi connectivity index (χ4n) is 2.87. The van der Waals surface area contributed by atoms with Gasteiger partial charge in [-0.1, -0.05) is 0 Å². The Balaban J connectivity index is 2.04. The maximum absolute atomic E-state index is 13.7. The number of ether oxygens (including phenoxy) is 1. The second kappa shape index (κ2) is 8.19. The maximum Gasteiger partial charge on any atom is 0.364 e. The molecule has 3 rings (SSSR count). The van der Waals surface area contributed by atoms with Crippen LogP contribution in [0.25, 0.3) is 5.65 Å². The minimum absolute atomic E-state index is 0.0128. The number of anilines is 1. The van der Waals surface area contributed by atoms with Gasteiger partial charge in [0.25, 0.3) is 11.8 Å². The molecule has 0 bridgehead atoms. The molecular formula is C18H16ClF2N5O4S. The van der Waals surface area contributed by atoms with Gasteiger partial charge in [0.2, 0.25) is 0 Å². The number of nitrogens with one attached hydrogen (secondary N) is 1. The second-order valence-corrected chi connectivity index (χ2v) is 7.87. The third-order valence-electron chi connectivity index (χ3n) is 4.16. The molecule has 0 aromatic carbocycles. The van der Waals surface area contributed by atoms with E-state index in [0.29, 0.717) is 0 Å². The van der Waals surface area contributed by atoms with Crippen LogP contribution in [0.2, 0.25) is 0 Å². The number of fused-ring (bicyclic) bond motifs is 1. The van der Waals surface area contributed by atoms with Gasteiger partial charge in [0.15, 0.2) is 11.3 Å². The Bertz CT molecular complexity index is 1220. The third kappa shape index (κ3) is 4.35. The zero-order valence-corrected chi connectivity index (χ0v) is 18.0. The van der Waals surface area contributed by atoms with Crippen LogP contribution in [-0.4, -0.2) is 39.0 Å². The fourth-order valence-corrected chi connectivity index (χ4v) is 4.04. The smallest absolute Gasteiger partial charge is 0.364 e. The topological polar surface area (TPSA) is 129 Å². The summed E-state index contributed by atoms with van der Waals surface area (Å²) < 4.78 is 33.2. The van der Waals surface area contributed by atoms with Crippen molar-refractivity contribution < 1.29 is 27.9 Å². The number of carbonyl (C=O) groups excluding carboxylic acids is 3. The summed E-state index contributed by atoms with van der Waals surface area (Å²) in [4.78, 5) is 40.9. The largest absolute Gasteiger partial charge is 0.462 e. The van der Waals surface area contributed by atoms with E-state index in [1.807, 2.05) is 0 Å². The van der Waals surface area contributed by atoms with E-state index in [4.69, 9.17) is 22.1 Å². The van der Waals surface area contributed by atoms with Crippen molar-refractivity contribution >= 4 is 51.4 Å². The summed E-state index contributed by atoms with van der Waals surface area (Å²) in [5.74, 6) is -2.36. The quantitative estimate of drug-likeness (QED) is 0.419. The normalized spacial score (nSPS) is 11.5. The molecule has 3 aromatic rings. The van der Waals surface area contributed by atoms with Crippen LogP contribution in [0.15, 0.2) is 12.1 Å². The van der Waals surface area contributed by atoms with E-state index in [2.05, 4.69) is 15.4 Å². The number of nitrogens with two attached hydrogens (primary N) is 1. The number of carbonyl (C=O) groups is 3. The zero-order chi connectivity index (χ0) is 23.1. The number of esters is 1. The molecule has 2 amide bonds. The van der Waals surface area contributed by atoms with Crippen molar-refractivity contribution in [1.29, 1.82) is 0 Å². The first-order valence-electron chi connectivity index (χ1n) is 8.80. The summed E-state index contributed by atoms with van der Waals surface area (Å²) in [6.07, 6.45) is 0. The highest BCUT2D eigenvalue weighted by atomic mass is 35.5. The third-order valence-corrected chi connectivity index (χ3v) is 5.57. The first-order valence-corrected chi connectivity index (χ1v) is 9.99. The molecule has 0 aliphatic heterocycles. The van der Waals surface area contributed by atoms with Crippen LogP contribution < -0.4 is 11.1 Å². The first kappa shape index (κ1) is 22.6. The summed E-state index contributed by atoms with van der Waals surface area (Å²) in [6.45, 7) is 4.65. The number of aryl methyl sites for hydroxylation is 1. The predicted octanol–water partition coefficient (Wildman–Crippen LogP) is 3.22. The molecule has 0 aliphatic rings. The van der Waals surface area contributed by atoms with Gasteiger partial charge in [-0.05, 0) is 44.0 Å². The number of halogens is 3. The summed E-state index contributed by atoms with van der Waals surface area (Å²) in [5, 5.41) is 2.60. The molecule has 3 N–H and O–H groups in total. The van der Waals surface area contributed by atoms with Crippen LogP contribution in [0, 0.1) is 13.8 Å². The summed E-state index contributed by atoms with van der Waals surface area (Å²) in [5.41, 5.74) is 4.86. The second-order valence-electron chi connectivity index (χ2n) is 6.38. The summed E-state index contributed by atoms with van der Waals surface area (Å²) in [7, 11) is 0. The van der Waals surface area contributed by atoms with Gasteiger partial charge in [-0.15, -0.1) is 11.3 Å². The van der Waals surface area contributed by atoms with E-state index < -0.39 is 28.9 Å². The van der Waals surface area contributed by atoms with Crippen molar-refractivity contribution in [3.05, 3.63) is 45.2 Å². The highest BCUT2D eigenvalue weighted by Gasteiger charge is 2.33. The average Bonchev–Trinajstić information content (AvgIpc) is 3.21. The van der Waals surface area contributed by atoms with Crippen molar-refractivity contribution in [2.75, 3.05) is 11.9 Å². The molecule has 0 unspecified atom stereocenters. The van der Waals surface area contributed by atoms with Crippen molar-refractivity contribution in [3.63, 3.8) is 0 Å². The summed E-state index contributed by atoms with van der Waals surface area (Å²) in [6, 6.07) is 2.24. The van der Waals surface area contributed by atoms with E-state index >= 15 is 0 Å². The van der Waals surface area contributed by atoms with Crippen LogP contribution in [0.1, 0.15) is 54.4 Å². The lowest BCUT2D eigenvalue weighted by molar-refractivity contribution is 0.0527. The SMILES string of the molecule is CCOC(=O)c1c(NC(=O)c2cc3nc(C)cc(C(F)(F)Cl)n3n2)sc(C(N)=O)c1C. The summed E-state index contributed by atoms with van der Waals surface area (Å²) >= 11 is 5.94. The van der Waals surface area contributed by atoms with Crippen LogP contribution in [0.3, 0.4) is 0 Å². The Morgan fingerprint density at radius 2 is 2.00 bits per heavy atom. The van der Waals surface area contributed by atoms with Gasteiger partial charge in [0, 0.05) is 11.8 Å². The first-order chi connectivity index (χ1) is 14.4. The minimum Gasteiger partial charge on any atom is -0.462 e. The Kier molecular flexibility index (Phi) is 5.96. The number of nitrogens with zero attached hydrogens (tertiary/aromatic N) is 3. The average molecular weight is 472 g/mol. The molecule has 0 fully saturated rings. The zero-order valence-electron chi connectivity index (χ0n) is 16.5. The number of rotatable bonds is 6. The molecule has 9 nitrogen and oxygen atoms in total. The highest BCUT2D eigenvalue weighted by Crippen LogP contribution is 2.35. The standard InChI is InChI=1S/C18H16ClF2N5O4S/c1-4-30-17(29)12-8(3)13(14(22)27)31-16(12)24-15(28)9-6-11-23-7(2)5-10(18(19,20)21)26(11)25-9/h5-6H,4H2,1-3H3,(H2,22,27)(H,24,28). The molecule has 3 heterocycles. The van der Waals surface area contributed by atoms with Gasteiger partial charge in [0.1, 0.15) is 10.7 Å². The van der Waals surface area contributed by atoms with E-state index in [0.717, 1.165) is 21.9 Å². The number of hydrogen-bond donors (Lipinski definition) is 2. The molecule has 13 heteroatoms. The van der Waals surface area contributed by atoms with Gasteiger partial charge in [-0.25, -0.2) is 14.3 Å². The molecule has 0 saturated heterocycles. The van der Waals surface area contributed by atoms with Crippen molar-refractivity contribution in [2.24, 2.45) is 5.73 Å². The van der Waals surface area contributed by atoms with Crippen molar-refractivity contribution in [3.8, 4) is 0 Å². The number of primary amides is 1. The Morgan fingerprint density at radius 3 is 2.58 bits per heavy atom. The van der Waals surface area contributed by atoms with Crippen LogP contribution in [0.4, 0.5) is 13.8 Å². The number of thiophene rings is 1. The minimum atomic E-state index is -3.75. The van der Waals surface area contributed by atoms with Crippen molar-refractivity contribution in [2.45, 2.75) is 26.2 Å². The molecule has 0 saturated carbocycles. The Morgan fingerprint density at radius 1 is 1.32 bits per heavy atom. The molecule has 0 atom stereocenters. The lowest BCUT2D eigenvalue weighted by atomic mass is 10.1. The molecular weight excluding hydrogens is 456 g/mol. The Hall–Kier alpha value is -3.12. The van der Waals surface area contributed by atoms with Gasteiger partial charge in [-0.2, -0.15) is 13.9 Å². The number of hydrogen-bond acceptors (Lipinski definition) is 7. The van der Waals surface area contributed by atoms with E-state index in [-0.39, 0.29) is 44.6 Å². The number of aromatic nitrogens is 3. The molecule has 164 valence electrons. The van der Waals surface area contributed by atoms with Gasteiger partial charge in [-0.3, -0.25) is 9.59 Å². The molecule has 0 aliphatic carbocycles. The number of alkyl halides is 3. The highest BCUT2D eigenvalue weighted by molar-refractivity contribution is 7.18. The van der Waals surface area contributed by atoms with E-state index in [1.54, 1.807) is 6.92 Å². The van der Waals surface area contributed by atoms with Crippen LogP contribution >= 0.6 is 22.9 Å². The van der Waals surface area contributed by atoms with Gasteiger partial charge >= 0.3 is 11.4 Å². The fraction of sp³-hybridized carbons (Fsp3) is 0.278. The van der Waals surface area contributed by atoms with Crippen LogP contribution in [0.5, 0.6) is 0 Å². The monoisotopic (exact) mass is 471 g/mol. The molecule has 3 aromatic heterocycles.